The Morgan fingerprint density at radius 3 is 0.745 bits per heavy atom. The smallest absolute Gasteiger partial charge is 0.462 e. The van der Waals surface area contributed by atoms with Gasteiger partial charge in [0.1, 0.15) is 19.3 Å². The van der Waals surface area contributed by atoms with Crippen LogP contribution < -0.4 is 0 Å². The molecule has 19 heteroatoms. The normalized spacial score (nSPS) is 14.1. The topological polar surface area (TPSA) is 237 Å². The van der Waals surface area contributed by atoms with Crippen LogP contribution in [0.3, 0.4) is 0 Å². The van der Waals surface area contributed by atoms with Crippen molar-refractivity contribution in [1.29, 1.82) is 0 Å². The van der Waals surface area contributed by atoms with Gasteiger partial charge in [-0.2, -0.15) is 0 Å². The zero-order chi connectivity index (χ0) is 74.9. The minimum absolute atomic E-state index is 0.105. The Balaban J connectivity index is 5.14. The fourth-order valence-corrected chi connectivity index (χ4v) is 14.4. The van der Waals surface area contributed by atoms with Crippen molar-refractivity contribution in [2.75, 3.05) is 39.6 Å². The summed E-state index contributed by atoms with van der Waals surface area (Å²) >= 11 is 0. The zero-order valence-electron chi connectivity index (χ0n) is 66.9. The summed E-state index contributed by atoms with van der Waals surface area (Å²) in [7, 11) is -9.91. The second kappa shape index (κ2) is 74.5. The Hall–Kier alpha value is -1.94. The summed E-state index contributed by atoms with van der Waals surface area (Å²) in [5, 5.41) is 10.6. The van der Waals surface area contributed by atoms with E-state index in [-0.39, 0.29) is 25.7 Å². The van der Waals surface area contributed by atoms with Crippen LogP contribution in [0.2, 0.25) is 0 Å². The van der Waals surface area contributed by atoms with Gasteiger partial charge in [-0.3, -0.25) is 37.3 Å². The number of phosphoric ester groups is 2. The van der Waals surface area contributed by atoms with Crippen molar-refractivity contribution in [2.24, 2.45) is 11.8 Å². The average Bonchev–Trinajstić information content (AvgIpc) is 0.911. The number of ether oxygens (including phenoxy) is 4. The third-order valence-electron chi connectivity index (χ3n) is 19.8. The predicted molar refractivity (Wildman–Crippen MR) is 418 cm³/mol. The van der Waals surface area contributed by atoms with Crippen LogP contribution in [0.15, 0.2) is 0 Å². The van der Waals surface area contributed by atoms with Gasteiger partial charge in [-0.15, -0.1) is 0 Å². The summed E-state index contributed by atoms with van der Waals surface area (Å²) in [6.07, 6.45) is 65.6. The van der Waals surface area contributed by atoms with E-state index in [0.717, 1.165) is 115 Å². The minimum atomic E-state index is -4.96. The number of rotatable bonds is 82. The molecule has 0 amide bonds. The first-order valence-electron chi connectivity index (χ1n) is 43.0. The van der Waals surface area contributed by atoms with Gasteiger partial charge in [0, 0.05) is 25.7 Å². The van der Waals surface area contributed by atoms with E-state index in [0.29, 0.717) is 25.7 Å². The Kier molecular flexibility index (Phi) is 73.1. The predicted octanol–water partition coefficient (Wildman–Crippen LogP) is 25.1. The van der Waals surface area contributed by atoms with Gasteiger partial charge >= 0.3 is 39.5 Å². The maximum Gasteiger partial charge on any atom is 0.472 e. The lowest BCUT2D eigenvalue weighted by Crippen LogP contribution is -2.30. The Bertz CT molecular complexity index is 1960. The average molecular weight is 1490 g/mol. The molecular formula is C83H162O17P2. The van der Waals surface area contributed by atoms with Crippen molar-refractivity contribution >= 4 is 39.5 Å². The molecule has 0 aromatic rings. The lowest BCUT2D eigenvalue weighted by atomic mass is 9.99. The van der Waals surface area contributed by atoms with Crippen molar-refractivity contribution in [2.45, 2.75) is 458 Å². The van der Waals surface area contributed by atoms with Crippen LogP contribution in [-0.2, 0) is 65.4 Å². The fourth-order valence-electron chi connectivity index (χ4n) is 12.9. The van der Waals surface area contributed by atoms with E-state index in [2.05, 4.69) is 41.5 Å². The highest BCUT2D eigenvalue weighted by Gasteiger charge is 2.30. The summed E-state index contributed by atoms with van der Waals surface area (Å²) in [4.78, 5) is 72.9. The van der Waals surface area contributed by atoms with Gasteiger partial charge < -0.3 is 33.8 Å². The largest absolute Gasteiger partial charge is 0.472 e. The highest BCUT2D eigenvalue weighted by Crippen LogP contribution is 2.45. The molecular weight excluding hydrogens is 1330 g/mol. The zero-order valence-corrected chi connectivity index (χ0v) is 68.7. The second-order valence-electron chi connectivity index (χ2n) is 30.6. The Morgan fingerprint density at radius 1 is 0.284 bits per heavy atom. The van der Waals surface area contributed by atoms with E-state index >= 15 is 0 Å². The van der Waals surface area contributed by atoms with Crippen LogP contribution in [0.1, 0.15) is 440 Å². The molecule has 0 heterocycles. The lowest BCUT2D eigenvalue weighted by molar-refractivity contribution is -0.161. The van der Waals surface area contributed by atoms with Crippen LogP contribution >= 0.6 is 15.6 Å². The molecule has 0 spiro atoms. The highest BCUT2D eigenvalue weighted by atomic mass is 31.2. The summed E-state index contributed by atoms with van der Waals surface area (Å²) < 4.78 is 68.6. The summed E-state index contributed by atoms with van der Waals surface area (Å²) in [6, 6.07) is 0. The molecule has 3 unspecified atom stereocenters. The fraction of sp³-hybridized carbons (Fsp3) is 0.952. The molecule has 606 valence electrons. The van der Waals surface area contributed by atoms with Gasteiger partial charge in [0.05, 0.1) is 26.4 Å². The molecule has 0 fully saturated rings. The van der Waals surface area contributed by atoms with Gasteiger partial charge in [-0.05, 0) is 37.5 Å². The standard InChI is InChI=1S/C83H162O17P2/c1-7-10-12-14-16-17-18-19-20-21-22-23-24-25-30-33-36-39-42-49-55-61-67-82(87)99-79(72-94-81(86)66-60-54-48-41-38-35-32-29-27-26-28-31-34-37-40-46-51-57-63-75(4)5)74-98-102(91,92)96-70-77(84)69-95-101(89,90)97-73-78(71-93-80(85)65-59-53-45-15-13-11-8-2)100-83(88)68-62-56-50-44-43-47-52-58-64-76(6)9-3/h75-79,84H,7-74H2,1-6H3,(H,89,90)(H,91,92)/t76?,77-,78+,79+/m0/s1. The second-order valence-corrected chi connectivity index (χ2v) is 33.5. The van der Waals surface area contributed by atoms with Crippen LogP contribution in [0.5, 0.6) is 0 Å². The van der Waals surface area contributed by atoms with Crippen molar-refractivity contribution < 1.29 is 80.2 Å². The Morgan fingerprint density at radius 2 is 0.500 bits per heavy atom. The molecule has 3 N–H and O–H groups in total. The molecule has 0 rings (SSSR count). The first-order valence-corrected chi connectivity index (χ1v) is 46.0. The number of aliphatic hydroxyl groups excluding tert-OH is 1. The molecule has 0 aromatic heterocycles. The van der Waals surface area contributed by atoms with Gasteiger partial charge in [0.2, 0.25) is 0 Å². The van der Waals surface area contributed by atoms with Crippen LogP contribution in [-0.4, -0.2) is 96.7 Å². The first-order chi connectivity index (χ1) is 49.4. The molecule has 0 saturated heterocycles. The van der Waals surface area contributed by atoms with E-state index in [1.807, 2.05) is 0 Å². The number of unbranched alkanes of at least 4 members (excludes halogenated alkanes) is 51. The summed E-state index contributed by atoms with van der Waals surface area (Å²) in [5.41, 5.74) is 0. The van der Waals surface area contributed by atoms with Crippen molar-refractivity contribution in [3.63, 3.8) is 0 Å². The molecule has 0 radical (unpaired) electrons. The number of aliphatic hydroxyl groups is 1. The van der Waals surface area contributed by atoms with E-state index in [4.69, 9.17) is 37.0 Å². The quantitative estimate of drug-likeness (QED) is 0.0222. The molecule has 17 nitrogen and oxygen atoms in total. The lowest BCUT2D eigenvalue weighted by Gasteiger charge is -2.21. The number of hydrogen-bond acceptors (Lipinski definition) is 15. The van der Waals surface area contributed by atoms with Crippen molar-refractivity contribution in [3.05, 3.63) is 0 Å². The van der Waals surface area contributed by atoms with Crippen molar-refractivity contribution in [1.82, 2.24) is 0 Å². The molecule has 6 atom stereocenters. The number of carbonyl (C=O) groups excluding carboxylic acids is 4. The summed E-state index contributed by atoms with van der Waals surface area (Å²) in [6.45, 7) is 9.62. The van der Waals surface area contributed by atoms with Crippen LogP contribution in [0.25, 0.3) is 0 Å². The molecule has 0 aliphatic heterocycles. The molecule has 0 aromatic carbocycles. The van der Waals surface area contributed by atoms with Gasteiger partial charge in [0.25, 0.3) is 0 Å². The molecule has 0 saturated carbocycles. The monoisotopic (exact) mass is 1490 g/mol. The molecule has 102 heavy (non-hydrogen) atoms. The minimum Gasteiger partial charge on any atom is -0.462 e. The SMILES string of the molecule is CCCCCCCCCCCCCCCCCCCCCCCCC(=O)O[C@H](COC(=O)CCCCCCCCCCCCCCCCCCCCC(C)C)COP(=O)(O)OC[C@@H](O)COP(=O)(O)OC[C@@H](COC(=O)CCCCCCCCC)OC(=O)CCCCCCCCCCC(C)CC. The highest BCUT2D eigenvalue weighted by molar-refractivity contribution is 7.47. The van der Waals surface area contributed by atoms with Crippen LogP contribution in [0, 0.1) is 11.8 Å². The maximum absolute atomic E-state index is 13.1. The maximum atomic E-state index is 13.1. The van der Waals surface area contributed by atoms with Gasteiger partial charge in [-0.25, -0.2) is 9.13 Å². The summed E-state index contributed by atoms with van der Waals surface area (Å²) in [5.74, 6) is -0.522. The third-order valence-corrected chi connectivity index (χ3v) is 21.7. The molecule has 0 aliphatic carbocycles. The number of hydrogen-bond donors (Lipinski definition) is 3. The number of carbonyl (C=O) groups is 4. The molecule has 0 aliphatic rings. The van der Waals surface area contributed by atoms with E-state index in [1.54, 1.807) is 0 Å². The number of phosphoric acid groups is 2. The molecule has 0 bridgehead atoms. The van der Waals surface area contributed by atoms with Crippen molar-refractivity contribution in [3.8, 4) is 0 Å². The number of esters is 4. The first kappa shape index (κ1) is 100. The van der Waals surface area contributed by atoms with E-state index in [9.17, 15) is 43.2 Å². The van der Waals surface area contributed by atoms with E-state index in [1.165, 1.54) is 244 Å². The van der Waals surface area contributed by atoms with E-state index < -0.39 is 97.5 Å². The van der Waals surface area contributed by atoms with Gasteiger partial charge in [-0.1, -0.05) is 388 Å². The van der Waals surface area contributed by atoms with Gasteiger partial charge in [0.15, 0.2) is 12.2 Å². The third kappa shape index (κ3) is 74.9. The Labute approximate surface area is 626 Å². The van der Waals surface area contributed by atoms with Crippen LogP contribution in [0.4, 0.5) is 0 Å².